The Hall–Kier alpha value is 1.11. The fourth-order valence-electron chi connectivity index (χ4n) is 1.71. The van der Waals surface area contributed by atoms with E-state index in [-0.39, 0.29) is 50.9 Å². The van der Waals surface area contributed by atoms with Crippen molar-refractivity contribution in [2.24, 2.45) is 0 Å². The molecule has 1 aromatic carbocycles. The minimum atomic E-state index is 0. The van der Waals surface area contributed by atoms with E-state index >= 15 is 0 Å². The van der Waals surface area contributed by atoms with Gasteiger partial charge in [0.25, 0.3) is 0 Å². The first-order valence-electron chi connectivity index (χ1n) is 4.34. The van der Waals surface area contributed by atoms with Gasteiger partial charge in [-0.1, -0.05) is 0 Å². The Morgan fingerprint density at radius 1 is 1.20 bits per heavy atom. The largest absolute Gasteiger partial charge is 1.00 e. The first-order chi connectivity index (χ1) is 5.83. The first kappa shape index (κ1) is 18.5. The maximum atomic E-state index is 2.28. The summed E-state index contributed by atoms with van der Waals surface area (Å²) in [5.41, 5.74) is 4.44. The third-order valence-electron chi connectivity index (χ3n) is 2.40. The van der Waals surface area contributed by atoms with Gasteiger partial charge in [0.05, 0.1) is 0 Å². The molecule has 0 N–H and O–H groups in total. The number of allylic oxidation sites excluding steroid dienone is 1. The van der Waals surface area contributed by atoms with E-state index in [9.17, 15) is 0 Å². The Balaban J connectivity index is 0. The Labute approximate surface area is 135 Å². The van der Waals surface area contributed by atoms with Crippen LogP contribution in [0.3, 0.4) is 0 Å². The SMILES string of the molecule is CCc1cccc2c1C=C[CH]2[Ti+3].[Br-].[Br-].[Br-]. The number of rotatable bonds is 1. The van der Waals surface area contributed by atoms with Crippen molar-refractivity contribution in [2.45, 2.75) is 17.6 Å². The maximum absolute atomic E-state index is 2.28. The van der Waals surface area contributed by atoms with Gasteiger partial charge in [0.2, 0.25) is 0 Å². The number of benzene rings is 1. The minimum absolute atomic E-state index is 0. The second-order valence-electron chi connectivity index (χ2n) is 3.11. The summed E-state index contributed by atoms with van der Waals surface area (Å²) in [6.07, 6.45) is 5.68. The Bertz CT molecular complexity index is 337. The quantitative estimate of drug-likeness (QED) is 0.389. The van der Waals surface area contributed by atoms with Gasteiger partial charge in [-0.25, -0.2) is 0 Å². The summed E-state index contributed by atoms with van der Waals surface area (Å²) >= 11 is 2.25. The molecular weight excluding hydrogens is 420 g/mol. The van der Waals surface area contributed by atoms with Crippen molar-refractivity contribution in [3.05, 3.63) is 41.0 Å². The Morgan fingerprint density at radius 3 is 2.47 bits per heavy atom. The third kappa shape index (κ3) is 3.81. The molecule has 1 unspecified atom stereocenters. The predicted octanol–water partition coefficient (Wildman–Crippen LogP) is -6.12. The number of hydrogen-bond donors (Lipinski definition) is 0. The van der Waals surface area contributed by atoms with E-state index in [2.05, 4.69) is 57.7 Å². The molecule has 4 heteroatoms. The summed E-state index contributed by atoms with van der Waals surface area (Å²) in [5.74, 6) is 0. The van der Waals surface area contributed by atoms with E-state index in [0.717, 1.165) is 6.42 Å². The zero-order valence-corrected chi connectivity index (χ0v) is 14.6. The average Bonchev–Trinajstić information content (AvgIpc) is 2.48. The molecular formula is C11H11Br3Ti. The molecule has 0 spiro atoms. The Kier molecular flexibility index (Phi) is 10.2. The number of fused-ring (bicyclic) bond motifs is 1. The van der Waals surface area contributed by atoms with E-state index in [4.69, 9.17) is 0 Å². The van der Waals surface area contributed by atoms with E-state index in [1.807, 2.05) is 0 Å². The molecule has 0 aromatic heterocycles. The fourth-order valence-corrected chi connectivity index (χ4v) is 2.26. The van der Waals surface area contributed by atoms with Gasteiger partial charge >= 0.3 is 85.0 Å². The van der Waals surface area contributed by atoms with Crippen LogP contribution in [0.2, 0.25) is 0 Å². The molecule has 0 fully saturated rings. The zero-order valence-electron chi connectivity index (χ0n) is 8.31. The molecule has 1 aliphatic carbocycles. The van der Waals surface area contributed by atoms with Gasteiger partial charge in [0.15, 0.2) is 0 Å². The van der Waals surface area contributed by atoms with Crippen molar-refractivity contribution in [3.8, 4) is 0 Å². The molecule has 2 rings (SSSR count). The molecule has 80 valence electrons. The molecule has 15 heavy (non-hydrogen) atoms. The maximum Gasteiger partial charge on any atom is -1.00 e. The van der Waals surface area contributed by atoms with Crippen molar-refractivity contribution in [1.82, 2.24) is 0 Å². The summed E-state index contributed by atoms with van der Waals surface area (Å²) < 4.78 is 0.617. The molecule has 0 heterocycles. The van der Waals surface area contributed by atoms with Crippen LogP contribution in [0.4, 0.5) is 0 Å². The summed E-state index contributed by atoms with van der Waals surface area (Å²) in [7, 11) is 0. The fraction of sp³-hybridized carbons (Fsp3) is 0.273. The second kappa shape index (κ2) is 8.24. The van der Waals surface area contributed by atoms with E-state index in [1.165, 1.54) is 16.7 Å². The Morgan fingerprint density at radius 2 is 1.87 bits per heavy atom. The van der Waals surface area contributed by atoms with Crippen LogP contribution in [0.25, 0.3) is 6.08 Å². The van der Waals surface area contributed by atoms with E-state index in [1.54, 1.807) is 0 Å². The number of hydrogen-bond acceptors (Lipinski definition) is 0. The van der Waals surface area contributed by atoms with Crippen LogP contribution >= 0.6 is 0 Å². The van der Waals surface area contributed by atoms with Crippen molar-refractivity contribution in [3.63, 3.8) is 0 Å². The standard InChI is InChI=1S/C11H11.3BrH.Ti/c1-2-9-5-3-6-10-7-4-8-11(9)10;;;;/h3-8H,2H2,1H3;3*1H;/q;;;;+3/p-3. The molecule has 0 aliphatic heterocycles. The molecule has 1 atom stereocenters. The molecule has 0 radical (unpaired) electrons. The van der Waals surface area contributed by atoms with Crippen LogP contribution in [0.1, 0.15) is 27.8 Å². The summed E-state index contributed by atoms with van der Waals surface area (Å²) in [6, 6.07) is 6.63. The molecule has 0 nitrogen and oxygen atoms in total. The molecule has 0 saturated heterocycles. The van der Waals surface area contributed by atoms with E-state index < -0.39 is 0 Å². The summed E-state index contributed by atoms with van der Waals surface area (Å²) in [6.45, 7) is 2.21. The molecule has 0 saturated carbocycles. The van der Waals surface area contributed by atoms with Crippen molar-refractivity contribution in [2.75, 3.05) is 0 Å². The van der Waals surface area contributed by atoms with Crippen molar-refractivity contribution >= 4 is 6.08 Å². The molecule has 0 bridgehead atoms. The molecule has 0 amide bonds. The van der Waals surface area contributed by atoms with Gasteiger partial charge in [0, 0.05) is 0 Å². The number of halogens is 3. The molecule has 1 aliphatic rings. The van der Waals surface area contributed by atoms with Crippen molar-refractivity contribution < 1.29 is 71.4 Å². The van der Waals surface area contributed by atoms with Crippen LogP contribution in [-0.2, 0) is 26.9 Å². The third-order valence-corrected chi connectivity index (χ3v) is 3.19. The summed E-state index contributed by atoms with van der Waals surface area (Å²) in [4.78, 5) is 0. The minimum Gasteiger partial charge on any atom is -1.00 e. The summed E-state index contributed by atoms with van der Waals surface area (Å²) in [5, 5.41) is 0. The number of aryl methyl sites for hydroxylation is 1. The smallest absolute Gasteiger partial charge is 1.00 e. The molecule has 1 aromatic rings. The van der Waals surface area contributed by atoms with Gasteiger partial charge < -0.3 is 50.9 Å². The normalized spacial score (nSPS) is 15.8. The van der Waals surface area contributed by atoms with Crippen LogP contribution in [0, 0.1) is 0 Å². The van der Waals surface area contributed by atoms with Crippen LogP contribution in [-0.4, -0.2) is 0 Å². The van der Waals surface area contributed by atoms with Gasteiger partial charge in [0.1, 0.15) is 0 Å². The first-order valence-corrected chi connectivity index (χ1v) is 5.24. The van der Waals surface area contributed by atoms with Crippen LogP contribution in [0.5, 0.6) is 0 Å². The average molecular weight is 431 g/mol. The topological polar surface area (TPSA) is 0 Å². The van der Waals surface area contributed by atoms with Gasteiger partial charge in [-0.15, -0.1) is 0 Å². The van der Waals surface area contributed by atoms with Gasteiger partial charge in [-0.05, 0) is 0 Å². The van der Waals surface area contributed by atoms with Crippen LogP contribution in [0.15, 0.2) is 24.3 Å². The predicted molar refractivity (Wildman–Crippen MR) is 47.6 cm³/mol. The van der Waals surface area contributed by atoms with Crippen molar-refractivity contribution in [1.29, 1.82) is 0 Å². The second-order valence-corrected chi connectivity index (χ2v) is 4.08. The van der Waals surface area contributed by atoms with Crippen LogP contribution < -0.4 is 50.9 Å². The van der Waals surface area contributed by atoms with Gasteiger partial charge in [-0.3, -0.25) is 0 Å². The zero-order chi connectivity index (χ0) is 8.55. The van der Waals surface area contributed by atoms with E-state index in [0.29, 0.717) is 4.22 Å². The van der Waals surface area contributed by atoms with Gasteiger partial charge in [-0.2, -0.15) is 0 Å². The monoisotopic (exact) mass is 428 g/mol.